The first kappa shape index (κ1) is 13.4. The van der Waals surface area contributed by atoms with Crippen LogP contribution in [0.5, 0.6) is 0 Å². The van der Waals surface area contributed by atoms with Crippen molar-refractivity contribution in [2.75, 3.05) is 19.8 Å². The molecule has 0 saturated heterocycles. The number of aromatic nitrogens is 1. The van der Waals surface area contributed by atoms with Gasteiger partial charge in [-0.1, -0.05) is 6.07 Å². The van der Waals surface area contributed by atoms with E-state index in [-0.39, 0.29) is 6.03 Å². The molecular weight excluding hydrogens is 218 g/mol. The Morgan fingerprint density at radius 3 is 3.06 bits per heavy atom. The first-order chi connectivity index (χ1) is 8.33. The van der Waals surface area contributed by atoms with Gasteiger partial charge in [0.2, 0.25) is 0 Å². The molecule has 0 saturated carbocycles. The van der Waals surface area contributed by atoms with Gasteiger partial charge in [-0.25, -0.2) is 4.79 Å². The van der Waals surface area contributed by atoms with Crippen LogP contribution in [0.3, 0.4) is 0 Å². The second kappa shape index (κ2) is 8.52. The average molecular weight is 237 g/mol. The first-order valence-corrected chi connectivity index (χ1v) is 5.81. The zero-order chi connectivity index (χ0) is 12.3. The molecule has 5 nitrogen and oxygen atoms in total. The van der Waals surface area contributed by atoms with Crippen molar-refractivity contribution in [2.45, 2.75) is 19.9 Å². The Morgan fingerprint density at radius 2 is 2.35 bits per heavy atom. The van der Waals surface area contributed by atoms with E-state index >= 15 is 0 Å². The van der Waals surface area contributed by atoms with Gasteiger partial charge in [0.15, 0.2) is 0 Å². The molecule has 1 heterocycles. The number of nitrogens with one attached hydrogen (secondary N) is 2. The van der Waals surface area contributed by atoms with Gasteiger partial charge in [0.1, 0.15) is 0 Å². The number of rotatable bonds is 7. The Labute approximate surface area is 102 Å². The van der Waals surface area contributed by atoms with Crippen molar-refractivity contribution in [3.05, 3.63) is 30.1 Å². The standard InChI is InChI=1S/C12H19N3O2/c1-2-17-8-4-7-14-12(16)15-10-11-5-3-6-13-9-11/h3,5-6,9H,2,4,7-8,10H2,1H3,(H2,14,15,16). The van der Waals surface area contributed by atoms with E-state index in [0.29, 0.717) is 26.3 Å². The lowest BCUT2D eigenvalue weighted by Gasteiger charge is -2.07. The predicted molar refractivity (Wildman–Crippen MR) is 65.6 cm³/mol. The van der Waals surface area contributed by atoms with Crippen LogP contribution >= 0.6 is 0 Å². The maximum atomic E-state index is 11.4. The van der Waals surface area contributed by atoms with E-state index in [9.17, 15) is 4.79 Å². The topological polar surface area (TPSA) is 63.2 Å². The van der Waals surface area contributed by atoms with Gasteiger partial charge in [-0.2, -0.15) is 0 Å². The van der Waals surface area contributed by atoms with Gasteiger partial charge in [-0.3, -0.25) is 4.98 Å². The summed E-state index contributed by atoms with van der Waals surface area (Å²) >= 11 is 0. The van der Waals surface area contributed by atoms with Gasteiger partial charge in [-0.05, 0) is 25.0 Å². The third-order valence-corrected chi connectivity index (χ3v) is 2.13. The number of amides is 2. The van der Waals surface area contributed by atoms with Crippen LogP contribution in [0.1, 0.15) is 18.9 Å². The summed E-state index contributed by atoms with van der Waals surface area (Å²) in [5.41, 5.74) is 0.983. The van der Waals surface area contributed by atoms with Crippen molar-refractivity contribution in [1.82, 2.24) is 15.6 Å². The Bertz CT molecular complexity index is 317. The van der Waals surface area contributed by atoms with Crippen molar-refractivity contribution in [2.24, 2.45) is 0 Å². The molecule has 1 aromatic heterocycles. The van der Waals surface area contributed by atoms with Gasteiger partial charge in [0, 0.05) is 38.7 Å². The predicted octanol–water partition coefficient (Wildman–Crippen LogP) is 1.31. The highest BCUT2D eigenvalue weighted by atomic mass is 16.5. The summed E-state index contributed by atoms with van der Waals surface area (Å²) in [5, 5.41) is 5.52. The maximum absolute atomic E-state index is 11.4. The number of carbonyl (C=O) groups is 1. The molecule has 94 valence electrons. The molecular formula is C12H19N3O2. The first-order valence-electron chi connectivity index (χ1n) is 5.81. The molecule has 1 aromatic rings. The third-order valence-electron chi connectivity index (χ3n) is 2.13. The number of nitrogens with zero attached hydrogens (tertiary/aromatic N) is 1. The van der Waals surface area contributed by atoms with Crippen LogP contribution in [0.2, 0.25) is 0 Å². The van der Waals surface area contributed by atoms with Gasteiger partial charge in [0.25, 0.3) is 0 Å². The van der Waals surface area contributed by atoms with Crippen LogP contribution in [0, 0.1) is 0 Å². The molecule has 17 heavy (non-hydrogen) atoms. The molecule has 0 radical (unpaired) electrons. The highest BCUT2D eigenvalue weighted by Crippen LogP contribution is 1.93. The third kappa shape index (κ3) is 6.52. The number of pyridine rings is 1. The molecule has 0 aliphatic carbocycles. The molecule has 0 aliphatic rings. The van der Waals surface area contributed by atoms with E-state index in [4.69, 9.17) is 4.74 Å². The fourth-order valence-electron chi connectivity index (χ4n) is 1.27. The lowest BCUT2D eigenvalue weighted by Crippen LogP contribution is -2.35. The molecule has 0 atom stereocenters. The number of urea groups is 1. The SMILES string of the molecule is CCOCCCNC(=O)NCc1cccnc1. The minimum atomic E-state index is -0.162. The fraction of sp³-hybridized carbons (Fsp3) is 0.500. The van der Waals surface area contributed by atoms with E-state index < -0.39 is 0 Å². The second-order valence-corrected chi connectivity index (χ2v) is 3.52. The maximum Gasteiger partial charge on any atom is 0.315 e. The second-order valence-electron chi connectivity index (χ2n) is 3.52. The molecule has 0 aromatic carbocycles. The van der Waals surface area contributed by atoms with E-state index in [2.05, 4.69) is 15.6 Å². The summed E-state index contributed by atoms with van der Waals surface area (Å²) in [6, 6.07) is 3.60. The van der Waals surface area contributed by atoms with Gasteiger partial charge in [0.05, 0.1) is 0 Å². The van der Waals surface area contributed by atoms with Gasteiger partial charge < -0.3 is 15.4 Å². The lowest BCUT2D eigenvalue weighted by molar-refractivity contribution is 0.145. The summed E-state index contributed by atoms with van der Waals surface area (Å²) in [4.78, 5) is 15.3. The van der Waals surface area contributed by atoms with E-state index in [1.807, 2.05) is 19.1 Å². The van der Waals surface area contributed by atoms with E-state index in [1.165, 1.54) is 0 Å². The lowest BCUT2D eigenvalue weighted by atomic mass is 10.3. The Balaban J connectivity index is 2.05. The number of hydrogen-bond donors (Lipinski definition) is 2. The quantitative estimate of drug-likeness (QED) is 0.703. The summed E-state index contributed by atoms with van der Waals surface area (Å²) in [6.07, 6.45) is 4.26. The van der Waals surface area contributed by atoms with Crippen LogP contribution in [0.15, 0.2) is 24.5 Å². The molecule has 2 N–H and O–H groups in total. The monoisotopic (exact) mass is 237 g/mol. The Hall–Kier alpha value is -1.62. The van der Waals surface area contributed by atoms with Gasteiger partial charge in [-0.15, -0.1) is 0 Å². The number of ether oxygens (including phenoxy) is 1. The summed E-state index contributed by atoms with van der Waals surface area (Å²) in [7, 11) is 0. The Kier molecular flexibility index (Phi) is 6.74. The number of hydrogen-bond acceptors (Lipinski definition) is 3. The highest BCUT2D eigenvalue weighted by Gasteiger charge is 1.99. The molecule has 0 bridgehead atoms. The van der Waals surface area contributed by atoms with E-state index in [0.717, 1.165) is 12.0 Å². The van der Waals surface area contributed by atoms with Crippen molar-refractivity contribution in [3.8, 4) is 0 Å². The molecule has 2 amide bonds. The van der Waals surface area contributed by atoms with Crippen molar-refractivity contribution >= 4 is 6.03 Å². The van der Waals surface area contributed by atoms with Crippen molar-refractivity contribution in [1.29, 1.82) is 0 Å². The zero-order valence-electron chi connectivity index (χ0n) is 10.1. The molecule has 0 spiro atoms. The van der Waals surface area contributed by atoms with Crippen LogP contribution in [0.4, 0.5) is 4.79 Å². The summed E-state index contributed by atoms with van der Waals surface area (Å²) < 4.78 is 5.16. The van der Waals surface area contributed by atoms with Crippen LogP contribution in [-0.2, 0) is 11.3 Å². The minimum absolute atomic E-state index is 0.162. The fourth-order valence-corrected chi connectivity index (χ4v) is 1.27. The van der Waals surface area contributed by atoms with Crippen molar-refractivity contribution < 1.29 is 9.53 Å². The summed E-state index contributed by atoms with van der Waals surface area (Å²) in [6.45, 7) is 4.46. The van der Waals surface area contributed by atoms with Crippen LogP contribution in [-0.4, -0.2) is 30.8 Å². The molecule has 1 rings (SSSR count). The van der Waals surface area contributed by atoms with Crippen LogP contribution < -0.4 is 10.6 Å². The zero-order valence-corrected chi connectivity index (χ0v) is 10.1. The molecule has 5 heteroatoms. The molecule has 0 unspecified atom stereocenters. The van der Waals surface area contributed by atoms with E-state index in [1.54, 1.807) is 12.4 Å². The minimum Gasteiger partial charge on any atom is -0.382 e. The smallest absolute Gasteiger partial charge is 0.315 e. The molecule has 0 fully saturated rings. The highest BCUT2D eigenvalue weighted by molar-refractivity contribution is 5.73. The largest absolute Gasteiger partial charge is 0.382 e. The number of carbonyl (C=O) groups excluding carboxylic acids is 1. The van der Waals surface area contributed by atoms with Gasteiger partial charge >= 0.3 is 6.03 Å². The molecule has 0 aliphatic heterocycles. The summed E-state index contributed by atoms with van der Waals surface area (Å²) in [5.74, 6) is 0. The average Bonchev–Trinajstić information content (AvgIpc) is 2.37. The Morgan fingerprint density at radius 1 is 1.47 bits per heavy atom. The normalized spacial score (nSPS) is 9.94. The van der Waals surface area contributed by atoms with Crippen molar-refractivity contribution in [3.63, 3.8) is 0 Å². The van der Waals surface area contributed by atoms with Crippen LogP contribution in [0.25, 0.3) is 0 Å².